The normalized spacial score (nSPS) is 10.9. The molecule has 1 aromatic rings. The molecule has 1 rings (SSSR count). The quantitative estimate of drug-likeness (QED) is 0.837. The Labute approximate surface area is 116 Å². The minimum atomic E-state index is -3.90. The molecule has 0 heterocycles. The first kappa shape index (κ1) is 16.0. The zero-order chi connectivity index (χ0) is 15.5. The lowest BCUT2D eigenvalue weighted by molar-refractivity contribution is -0.125. The van der Waals surface area contributed by atoms with E-state index in [9.17, 15) is 18.0 Å². The van der Waals surface area contributed by atoms with Gasteiger partial charge < -0.3 is 14.7 Å². The molecular weight excluding hydrogens is 286 g/mol. The fourth-order valence-corrected chi connectivity index (χ4v) is 2.75. The summed E-state index contributed by atoms with van der Waals surface area (Å²) >= 11 is 0. The number of carboxylic acids is 1. The van der Waals surface area contributed by atoms with E-state index in [0.717, 1.165) is 11.0 Å². The number of ether oxygens (including phenoxy) is 1. The minimum Gasteiger partial charge on any atom is -0.496 e. The maximum absolute atomic E-state index is 12.0. The highest BCUT2D eigenvalue weighted by Gasteiger charge is 2.23. The summed E-state index contributed by atoms with van der Waals surface area (Å²) in [5.74, 6) is -2.56. The van der Waals surface area contributed by atoms with Crippen LogP contribution >= 0.6 is 0 Å². The number of carbonyl (C=O) groups excluding carboxylic acids is 1. The molecule has 0 saturated carbocycles. The molecule has 0 unspecified atom stereocenters. The van der Waals surface area contributed by atoms with Crippen LogP contribution in [0.5, 0.6) is 5.75 Å². The lowest BCUT2D eigenvalue weighted by Gasteiger charge is -2.11. The molecule has 1 aromatic carbocycles. The zero-order valence-electron chi connectivity index (χ0n) is 11.3. The predicted octanol–water partition coefficient (Wildman–Crippen LogP) is 0.255. The molecule has 20 heavy (non-hydrogen) atoms. The molecule has 1 N–H and O–H groups in total. The summed E-state index contributed by atoms with van der Waals surface area (Å²) in [4.78, 5) is 23.4. The largest absolute Gasteiger partial charge is 0.496 e. The monoisotopic (exact) mass is 301 g/mol. The summed E-state index contributed by atoms with van der Waals surface area (Å²) in [6.45, 7) is 0. The SMILES string of the molecule is COc1ccc(S(=O)(=O)CC(=O)N(C)C)cc1C(=O)O. The topological polar surface area (TPSA) is 101 Å². The van der Waals surface area contributed by atoms with Gasteiger partial charge in [0.1, 0.15) is 17.1 Å². The Balaban J connectivity index is 3.23. The maximum Gasteiger partial charge on any atom is 0.339 e. The summed E-state index contributed by atoms with van der Waals surface area (Å²) in [6, 6.07) is 3.44. The molecular formula is C12H15NO6S. The van der Waals surface area contributed by atoms with Crippen molar-refractivity contribution in [1.29, 1.82) is 0 Å². The molecule has 0 saturated heterocycles. The Kier molecular flexibility index (Phi) is 4.72. The van der Waals surface area contributed by atoms with E-state index in [1.165, 1.54) is 33.3 Å². The van der Waals surface area contributed by atoms with E-state index < -0.39 is 27.5 Å². The van der Waals surface area contributed by atoms with Gasteiger partial charge in [-0.3, -0.25) is 4.79 Å². The second-order valence-corrected chi connectivity index (χ2v) is 6.20. The van der Waals surface area contributed by atoms with Crippen LogP contribution in [0.2, 0.25) is 0 Å². The summed E-state index contributed by atoms with van der Waals surface area (Å²) in [7, 11) is 0.266. The van der Waals surface area contributed by atoms with Crippen molar-refractivity contribution in [2.45, 2.75) is 4.90 Å². The Morgan fingerprint density at radius 1 is 1.30 bits per heavy atom. The average molecular weight is 301 g/mol. The number of aromatic carboxylic acids is 1. The van der Waals surface area contributed by atoms with Gasteiger partial charge in [0.05, 0.1) is 12.0 Å². The van der Waals surface area contributed by atoms with Gasteiger partial charge in [-0.15, -0.1) is 0 Å². The van der Waals surface area contributed by atoms with Crippen molar-refractivity contribution in [2.75, 3.05) is 27.0 Å². The molecule has 0 aliphatic heterocycles. The lowest BCUT2D eigenvalue weighted by atomic mass is 10.2. The third kappa shape index (κ3) is 3.47. The molecule has 1 amide bonds. The summed E-state index contributed by atoms with van der Waals surface area (Å²) in [6.07, 6.45) is 0. The fourth-order valence-electron chi connectivity index (χ4n) is 1.42. The molecule has 0 aromatic heterocycles. The summed E-state index contributed by atoms with van der Waals surface area (Å²) in [5.41, 5.74) is -0.272. The zero-order valence-corrected chi connectivity index (χ0v) is 12.1. The molecule has 110 valence electrons. The van der Waals surface area contributed by atoms with Gasteiger partial charge in [0.2, 0.25) is 5.91 Å². The first-order valence-corrected chi connectivity index (χ1v) is 7.18. The van der Waals surface area contributed by atoms with Crippen molar-refractivity contribution >= 4 is 21.7 Å². The van der Waals surface area contributed by atoms with Crippen LogP contribution in [0.1, 0.15) is 10.4 Å². The predicted molar refractivity (Wildman–Crippen MR) is 70.7 cm³/mol. The van der Waals surface area contributed by atoms with E-state index in [1.807, 2.05) is 0 Å². The van der Waals surface area contributed by atoms with Gasteiger partial charge in [-0.05, 0) is 18.2 Å². The molecule has 0 aliphatic carbocycles. The number of sulfone groups is 1. The van der Waals surface area contributed by atoms with E-state index in [-0.39, 0.29) is 16.2 Å². The van der Waals surface area contributed by atoms with Crippen LogP contribution in [-0.4, -0.2) is 57.3 Å². The number of rotatable bonds is 5. The van der Waals surface area contributed by atoms with Gasteiger partial charge >= 0.3 is 5.97 Å². The minimum absolute atomic E-state index is 0.0513. The van der Waals surface area contributed by atoms with Crippen LogP contribution in [0.3, 0.4) is 0 Å². The molecule has 0 bridgehead atoms. The van der Waals surface area contributed by atoms with Gasteiger partial charge in [-0.1, -0.05) is 0 Å². The Morgan fingerprint density at radius 2 is 1.90 bits per heavy atom. The van der Waals surface area contributed by atoms with Crippen LogP contribution < -0.4 is 4.74 Å². The van der Waals surface area contributed by atoms with Gasteiger partial charge in [0.25, 0.3) is 0 Å². The summed E-state index contributed by atoms with van der Waals surface area (Å²) < 4.78 is 28.9. The van der Waals surface area contributed by atoms with Crippen LogP contribution in [0.25, 0.3) is 0 Å². The van der Waals surface area contributed by atoms with Crippen LogP contribution in [0, 0.1) is 0 Å². The second-order valence-electron chi connectivity index (χ2n) is 4.21. The highest BCUT2D eigenvalue weighted by atomic mass is 32.2. The van der Waals surface area contributed by atoms with E-state index in [4.69, 9.17) is 9.84 Å². The number of hydrogen-bond donors (Lipinski definition) is 1. The number of carboxylic acid groups (broad SMARTS) is 1. The van der Waals surface area contributed by atoms with Crippen molar-refractivity contribution in [3.63, 3.8) is 0 Å². The van der Waals surface area contributed by atoms with Crippen molar-refractivity contribution < 1.29 is 27.9 Å². The number of amides is 1. The fraction of sp³-hybridized carbons (Fsp3) is 0.333. The highest BCUT2D eigenvalue weighted by molar-refractivity contribution is 7.92. The second kappa shape index (κ2) is 5.91. The maximum atomic E-state index is 12.0. The standard InChI is InChI=1S/C12H15NO6S/c1-13(2)11(14)7-20(17,18)8-4-5-10(19-3)9(6-8)12(15)16/h4-6H,7H2,1-3H3,(H,15,16). The molecule has 0 radical (unpaired) electrons. The molecule has 0 spiro atoms. The smallest absolute Gasteiger partial charge is 0.339 e. The first-order valence-electron chi connectivity index (χ1n) is 5.53. The van der Waals surface area contributed by atoms with E-state index >= 15 is 0 Å². The van der Waals surface area contributed by atoms with Gasteiger partial charge in [-0.25, -0.2) is 13.2 Å². The van der Waals surface area contributed by atoms with E-state index in [2.05, 4.69) is 0 Å². The van der Waals surface area contributed by atoms with Crippen LogP contribution in [0.4, 0.5) is 0 Å². The van der Waals surface area contributed by atoms with Crippen molar-refractivity contribution in [3.05, 3.63) is 23.8 Å². The summed E-state index contributed by atoms with van der Waals surface area (Å²) in [5, 5.41) is 9.01. The number of benzene rings is 1. The number of nitrogens with zero attached hydrogens (tertiary/aromatic N) is 1. The van der Waals surface area contributed by atoms with Crippen molar-refractivity contribution in [2.24, 2.45) is 0 Å². The molecule has 7 nitrogen and oxygen atoms in total. The molecule has 8 heteroatoms. The average Bonchev–Trinajstić information content (AvgIpc) is 2.37. The van der Waals surface area contributed by atoms with Gasteiger partial charge in [0.15, 0.2) is 9.84 Å². The Morgan fingerprint density at radius 3 is 2.35 bits per heavy atom. The molecule has 0 fully saturated rings. The van der Waals surface area contributed by atoms with Crippen LogP contribution in [-0.2, 0) is 14.6 Å². The van der Waals surface area contributed by atoms with Gasteiger partial charge in [0, 0.05) is 14.1 Å². The molecule has 0 atom stereocenters. The van der Waals surface area contributed by atoms with Gasteiger partial charge in [-0.2, -0.15) is 0 Å². The van der Waals surface area contributed by atoms with E-state index in [0.29, 0.717) is 0 Å². The van der Waals surface area contributed by atoms with Crippen molar-refractivity contribution in [3.8, 4) is 5.75 Å². The number of methoxy groups -OCH3 is 1. The number of hydrogen-bond acceptors (Lipinski definition) is 5. The Hall–Kier alpha value is -2.09. The molecule has 0 aliphatic rings. The number of carbonyl (C=O) groups is 2. The third-order valence-electron chi connectivity index (χ3n) is 2.57. The van der Waals surface area contributed by atoms with E-state index in [1.54, 1.807) is 0 Å². The first-order chi connectivity index (χ1) is 9.19. The van der Waals surface area contributed by atoms with Crippen LogP contribution in [0.15, 0.2) is 23.1 Å². The third-order valence-corrected chi connectivity index (χ3v) is 4.17. The lowest BCUT2D eigenvalue weighted by Crippen LogP contribution is -2.29. The highest BCUT2D eigenvalue weighted by Crippen LogP contribution is 2.23. The Bertz CT molecular complexity index is 635. The van der Waals surface area contributed by atoms with Crippen molar-refractivity contribution in [1.82, 2.24) is 4.90 Å².